The molecule has 2 aromatic carbocycles. The lowest BCUT2D eigenvalue weighted by molar-refractivity contribution is 0.305. The van der Waals surface area contributed by atoms with Crippen molar-refractivity contribution in [2.24, 2.45) is 0 Å². The fourth-order valence-corrected chi connectivity index (χ4v) is 5.29. The highest BCUT2D eigenvalue weighted by atomic mass is 32.1. The minimum absolute atomic E-state index is 0.812. The number of hydrogen-bond donors (Lipinski definition) is 0. The van der Waals surface area contributed by atoms with Crippen LogP contribution >= 0.6 is 11.3 Å². The minimum atomic E-state index is 0.812. The molecule has 0 saturated carbocycles. The van der Waals surface area contributed by atoms with E-state index in [2.05, 4.69) is 50.2 Å². The van der Waals surface area contributed by atoms with Crippen molar-refractivity contribution < 1.29 is 9.47 Å². The second-order valence-corrected chi connectivity index (χ2v) is 9.68. The van der Waals surface area contributed by atoms with Gasteiger partial charge in [-0.15, -0.1) is 11.3 Å². The second kappa shape index (κ2) is 13.6. The summed E-state index contributed by atoms with van der Waals surface area (Å²) in [5, 5.41) is 2.60. The van der Waals surface area contributed by atoms with Crippen LogP contribution in [0.3, 0.4) is 0 Å². The molecular formula is C28H40O2S. The normalized spacial score (nSPS) is 11.4. The highest BCUT2D eigenvalue weighted by Crippen LogP contribution is 2.40. The molecule has 1 aromatic heterocycles. The summed E-state index contributed by atoms with van der Waals surface area (Å²) in [4.78, 5) is 0. The zero-order valence-corrected chi connectivity index (χ0v) is 20.4. The van der Waals surface area contributed by atoms with Gasteiger partial charge in [-0.25, -0.2) is 0 Å². The van der Waals surface area contributed by atoms with Crippen molar-refractivity contribution in [2.45, 2.75) is 90.9 Å². The van der Waals surface area contributed by atoms with E-state index in [1.54, 1.807) is 0 Å². The molecule has 0 unspecified atom stereocenters. The smallest absolute Gasteiger partial charge is 0.137 e. The Morgan fingerprint density at radius 3 is 2.00 bits per heavy atom. The first-order valence-electron chi connectivity index (χ1n) is 12.5. The molecule has 2 nitrogen and oxygen atoms in total. The van der Waals surface area contributed by atoms with Crippen molar-refractivity contribution in [1.82, 2.24) is 0 Å². The summed E-state index contributed by atoms with van der Waals surface area (Å²) in [7, 11) is 0. The van der Waals surface area contributed by atoms with Crippen molar-refractivity contribution in [3.8, 4) is 11.5 Å². The van der Waals surface area contributed by atoms with E-state index in [-0.39, 0.29) is 0 Å². The Morgan fingerprint density at radius 1 is 0.645 bits per heavy atom. The van der Waals surface area contributed by atoms with Crippen LogP contribution in [0.25, 0.3) is 20.2 Å². The van der Waals surface area contributed by atoms with Gasteiger partial charge in [0, 0.05) is 15.5 Å². The van der Waals surface area contributed by atoms with Crippen LogP contribution in [0.15, 0.2) is 36.4 Å². The number of ether oxygens (including phenoxy) is 2. The molecule has 0 amide bonds. The lowest BCUT2D eigenvalue weighted by Crippen LogP contribution is -1.97. The van der Waals surface area contributed by atoms with E-state index in [1.807, 2.05) is 11.3 Å². The van der Waals surface area contributed by atoms with E-state index < -0.39 is 0 Å². The molecule has 0 atom stereocenters. The summed E-state index contributed by atoms with van der Waals surface area (Å²) in [6.07, 6.45) is 15.5. The van der Waals surface area contributed by atoms with Gasteiger partial charge in [0.2, 0.25) is 0 Å². The maximum Gasteiger partial charge on any atom is 0.137 e. The number of hydrogen-bond acceptors (Lipinski definition) is 3. The Bertz CT molecular complexity index is 899. The zero-order chi connectivity index (χ0) is 21.7. The molecule has 3 heteroatoms. The third-order valence-corrected chi connectivity index (χ3v) is 7.14. The van der Waals surface area contributed by atoms with Gasteiger partial charge in [-0.05, 0) is 37.1 Å². The molecule has 0 N–H and O–H groups in total. The maximum atomic E-state index is 6.18. The van der Waals surface area contributed by atoms with E-state index in [0.717, 1.165) is 37.6 Å². The molecule has 0 aliphatic rings. The fraction of sp³-hybridized carbons (Fsp3) is 0.571. The fourth-order valence-electron chi connectivity index (χ4n) is 4.09. The van der Waals surface area contributed by atoms with Gasteiger partial charge < -0.3 is 9.47 Å². The average Bonchev–Trinajstić information content (AvgIpc) is 3.16. The van der Waals surface area contributed by atoms with E-state index in [0.29, 0.717) is 0 Å². The molecule has 170 valence electrons. The van der Waals surface area contributed by atoms with Crippen LogP contribution in [-0.2, 0) is 0 Å². The van der Waals surface area contributed by atoms with Crippen molar-refractivity contribution in [3.63, 3.8) is 0 Å². The predicted molar refractivity (Wildman–Crippen MR) is 137 cm³/mol. The summed E-state index contributed by atoms with van der Waals surface area (Å²) < 4.78 is 14.8. The molecule has 0 fully saturated rings. The largest absolute Gasteiger partial charge is 0.494 e. The van der Waals surface area contributed by atoms with E-state index in [4.69, 9.17) is 9.47 Å². The molecule has 31 heavy (non-hydrogen) atoms. The van der Waals surface area contributed by atoms with E-state index in [1.165, 1.54) is 84.4 Å². The lowest BCUT2D eigenvalue weighted by Gasteiger charge is -2.07. The van der Waals surface area contributed by atoms with Crippen LogP contribution in [0.2, 0.25) is 0 Å². The van der Waals surface area contributed by atoms with Gasteiger partial charge in [-0.1, -0.05) is 90.2 Å². The summed E-state index contributed by atoms with van der Waals surface area (Å²) in [5.74, 6) is 2.02. The monoisotopic (exact) mass is 440 g/mol. The third-order valence-electron chi connectivity index (χ3n) is 5.96. The molecular weight excluding hydrogens is 400 g/mol. The number of rotatable bonds is 16. The summed E-state index contributed by atoms with van der Waals surface area (Å²) in [6, 6.07) is 13.0. The second-order valence-electron chi connectivity index (χ2n) is 8.63. The van der Waals surface area contributed by atoms with Crippen LogP contribution in [0.4, 0.5) is 0 Å². The summed E-state index contributed by atoms with van der Waals surface area (Å²) in [5.41, 5.74) is 0. The van der Waals surface area contributed by atoms with Crippen molar-refractivity contribution in [1.29, 1.82) is 0 Å². The SMILES string of the molecule is CCCCCCCCOc1ccc2c(c1)sc1c(OCCCCCCCC)cccc12. The Labute approximate surface area is 193 Å². The zero-order valence-electron chi connectivity index (χ0n) is 19.6. The number of thiophene rings is 1. The molecule has 0 bridgehead atoms. The highest BCUT2D eigenvalue weighted by Gasteiger charge is 2.10. The Hall–Kier alpha value is -1.74. The molecule has 1 heterocycles. The Kier molecular flexibility index (Phi) is 10.5. The standard InChI is InChI=1S/C28H40O2S/c1-3-5-7-9-11-13-20-29-23-18-19-24-25-16-15-17-26(28(25)31-27(24)22-23)30-21-14-12-10-8-6-4-2/h15-19,22H,3-14,20-21H2,1-2H3. The molecule has 0 aliphatic heterocycles. The summed E-state index contributed by atoms with van der Waals surface area (Å²) in [6.45, 7) is 6.15. The topological polar surface area (TPSA) is 18.5 Å². The maximum absolute atomic E-state index is 6.18. The minimum Gasteiger partial charge on any atom is -0.494 e. The molecule has 3 aromatic rings. The van der Waals surface area contributed by atoms with Gasteiger partial charge in [-0.3, -0.25) is 0 Å². The Morgan fingerprint density at radius 2 is 1.29 bits per heavy atom. The van der Waals surface area contributed by atoms with Gasteiger partial charge in [0.1, 0.15) is 11.5 Å². The molecule has 0 radical (unpaired) electrons. The molecule has 0 aliphatic carbocycles. The first-order chi connectivity index (χ1) is 15.3. The first kappa shape index (κ1) is 23.9. The first-order valence-corrected chi connectivity index (χ1v) is 13.4. The number of benzene rings is 2. The highest BCUT2D eigenvalue weighted by molar-refractivity contribution is 7.26. The van der Waals surface area contributed by atoms with Crippen LogP contribution in [0, 0.1) is 0 Å². The number of unbranched alkanes of at least 4 members (excludes halogenated alkanes) is 10. The third kappa shape index (κ3) is 7.42. The number of fused-ring (bicyclic) bond motifs is 3. The van der Waals surface area contributed by atoms with Crippen LogP contribution in [0.5, 0.6) is 11.5 Å². The van der Waals surface area contributed by atoms with Gasteiger partial charge in [0.15, 0.2) is 0 Å². The van der Waals surface area contributed by atoms with E-state index >= 15 is 0 Å². The van der Waals surface area contributed by atoms with Gasteiger partial charge in [-0.2, -0.15) is 0 Å². The van der Waals surface area contributed by atoms with Gasteiger partial charge in [0.05, 0.1) is 17.9 Å². The van der Waals surface area contributed by atoms with Crippen LogP contribution in [0.1, 0.15) is 90.9 Å². The molecule has 3 rings (SSSR count). The predicted octanol–water partition coefficient (Wildman–Crippen LogP) is 9.53. The van der Waals surface area contributed by atoms with Crippen molar-refractivity contribution in [2.75, 3.05) is 13.2 Å². The Balaban J connectivity index is 1.54. The van der Waals surface area contributed by atoms with Crippen LogP contribution < -0.4 is 9.47 Å². The quantitative estimate of drug-likeness (QED) is 0.206. The van der Waals surface area contributed by atoms with Gasteiger partial charge >= 0.3 is 0 Å². The van der Waals surface area contributed by atoms with Gasteiger partial charge in [0.25, 0.3) is 0 Å². The summed E-state index contributed by atoms with van der Waals surface area (Å²) >= 11 is 1.83. The average molecular weight is 441 g/mol. The molecule has 0 saturated heterocycles. The van der Waals surface area contributed by atoms with Crippen molar-refractivity contribution in [3.05, 3.63) is 36.4 Å². The van der Waals surface area contributed by atoms with Crippen LogP contribution in [-0.4, -0.2) is 13.2 Å². The van der Waals surface area contributed by atoms with E-state index in [9.17, 15) is 0 Å². The molecule has 0 spiro atoms. The van der Waals surface area contributed by atoms with Crippen molar-refractivity contribution >= 4 is 31.5 Å². The lowest BCUT2D eigenvalue weighted by atomic mass is 10.1.